The molecule has 1 aliphatic heterocycles. The largest absolute Gasteiger partial charge is 0.447 e. The van der Waals surface area contributed by atoms with Crippen LogP contribution in [0.15, 0.2) is 24.3 Å². The quantitative estimate of drug-likeness (QED) is 0.761. The maximum atomic E-state index is 11.0. The van der Waals surface area contributed by atoms with Crippen molar-refractivity contribution in [1.29, 1.82) is 0 Å². The number of nitrogens with one attached hydrogen (secondary N) is 1. The molecule has 1 fully saturated rings. The second kappa shape index (κ2) is 3.55. The molecule has 1 heterocycles. The predicted octanol–water partition coefficient (Wildman–Crippen LogP) is 1.10. The molecule has 1 aliphatic rings. The number of carbonyl (C=O) groups is 1. The monoisotopic (exact) mass is 206 g/mol. The number of carbonyl (C=O) groups excluding carboxylic acids is 1. The molecular weight excluding hydrogens is 192 g/mol. The van der Waals surface area contributed by atoms with E-state index in [2.05, 4.69) is 5.32 Å². The highest BCUT2D eigenvalue weighted by Crippen LogP contribution is 2.25. The van der Waals surface area contributed by atoms with Crippen LogP contribution in [0.1, 0.15) is 18.1 Å². The Hall–Kier alpha value is -1.55. The van der Waals surface area contributed by atoms with Gasteiger partial charge in [0.1, 0.15) is 6.61 Å². The molecule has 15 heavy (non-hydrogen) atoms. The zero-order chi connectivity index (χ0) is 10.9. The topological polar surface area (TPSA) is 64.3 Å². The lowest BCUT2D eigenvalue weighted by molar-refractivity contribution is 0.173. The molecule has 0 bridgehead atoms. The standard InChI is InChI=1S/C11H14N2O2/c1-11(7-15-10(14)13-11)9-4-2-8(6-12)3-5-9/h2-5H,6-7,12H2,1H3,(H,13,14). The summed E-state index contributed by atoms with van der Waals surface area (Å²) in [5.41, 5.74) is 7.21. The lowest BCUT2D eigenvalue weighted by Crippen LogP contribution is -2.37. The lowest BCUT2D eigenvalue weighted by Gasteiger charge is -2.21. The maximum absolute atomic E-state index is 11.0. The molecule has 0 aliphatic carbocycles. The summed E-state index contributed by atoms with van der Waals surface area (Å²) in [7, 11) is 0. The van der Waals surface area contributed by atoms with Gasteiger partial charge in [0.25, 0.3) is 0 Å². The fourth-order valence-electron chi connectivity index (χ4n) is 1.67. The van der Waals surface area contributed by atoms with E-state index in [0.717, 1.165) is 11.1 Å². The number of cyclic esters (lactones) is 1. The first-order valence-corrected chi connectivity index (χ1v) is 4.88. The van der Waals surface area contributed by atoms with E-state index in [1.54, 1.807) is 0 Å². The van der Waals surface area contributed by atoms with Crippen molar-refractivity contribution < 1.29 is 9.53 Å². The number of benzene rings is 1. The lowest BCUT2D eigenvalue weighted by atomic mass is 9.93. The van der Waals surface area contributed by atoms with E-state index in [-0.39, 0.29) is 6.09 Å². The Morgan fingerprint density at radius 2 is 2.13 bits per heavy atom. The van der Waals surface area contributed by atoms with Gasteiger partial charge in [-0.1, -0.05) is 24.3 Å². The van der Waals surface area contributed by atoms with Crippen LogP contribution in [0.4, 0.5) is 4.79 Å². The van der Waals surface area contributed by atoms with Crippen LogP contribution in [-0.4, -0.2) is 12.7 Å². The number of nitrogens with two attached hydrogens (primary N) is 1. The molecule has 4 nitrogen and oxygen atoms in total. The van der Waals surface area contributed by atoms with Gasteiger partial charge in [0.05, 0.1) is 5.54 Å². The summed E-state index contributed by atoms with van der Waals surface area (Å²) >= 11 is 0. The molecular formula is C11H14N2O2. The minimum Gasteiger partial charge on any atom is -0.447 e. The van der Waals surface area contributed by atoms with E-state index < -0.39 is 5.54 Å². The smallest absolute Gasteiger partial charge is 0.408 e. The molecule has 80 valence electrons. The van der Waals surface area contributed by atoms with Crippen LogP contribution < -0.4 is 11.1 Å². The average molecular weight is 206 g/mol. The Bertz CT molecular complexity index is 375. The summed E-state index contributed by atoms with van der Waals surface area (Å²) in [5, 5.41) is 2.79. The molecule has 1 amide bonds. The molecule has 0 aromatic heterocycles. The van der Waals surface area contributed by atoms with Gasteiger partial charge in [-0.05, 0) is 18.1 Å². The number of rotatable bonds is 2. The number of alkyl carbamates (subject to hydrolysis) is 1. The SMILES string of the molecule is CC1(c2ccc(CN)cc2)COC(=O)N1. The summed E-state index contributed by atoms with van der Waals surface area (Å²) in [6, 6.07) is 7.87. The van der Waals surface area contributed by atoms with E-state index in [1.165, 1.54) is 0 Å². The summed E-state index contributed by atoms with van der Waals surface area (Å²) in [5.74, 6) is 0. The molecule has 0 saturated carbocycles. The second-order valence-electron chi connectivity index (χ2n) is 3.93. The van der Waals surface area contributed by atoms with Gasteiger partial charge >= 0.3 is 6.09 Å². The van der Waals surface area contributed by atoms with Crippen molar-refractivity contribution in [1.82, 2.24) is 5.32 Å². The molecule has 1 saturated heterocycles. The number of ether oxygens (including phenoxy) is 1. The zero-order valence-electron chi connectivity index (χ0n) is 8.62. The fraction of sp³-hybridized carbons (Fsp3) is 0.364. The molecule has 0 radical (unpaired) electrons. The van der Waals surface area contributed by atoms with Crippen LogP contribution in [0.5, 0.6) is 0 Å². The van der Waals surface area contributed by atoms with Crippen molar-refractivity contribution in [3.05, 3.63) is 35.4 Å². The van der Waals surface area contributed by atoms with Gasteiger partial charge < -0.3 is 15.8 Å². The molecule has 1 atom stereocenters. The molecule has 4 heteroatoms. The molecule has 2 rings (SSSR count). The van der Waals surface area contributed by atoms with Crippen molar-refractivity contribution in [2.24, 2.45) is 5.73 Å². The van der Waals surface area contributed by atoms with Gasteiger partial charge in [0, 0.05) is 6.54 Å². The van der Waals surface area contributed by atoms with Crippen molar-refractivity contribution in [3.8, 4) is 0 Å². The number of hydrogen-bond donors (Lipinski definition) is 2. The minimum atomic E-state index is -0.412. The van der Waals surface area contributed by atoms with Gasteiger partial charge in [0.15, 0.2) is 0 Å². The normalized spacial score (nSPS) is 24.8. The predicted molar refractivity (Wildman–Crippen MR) is 56.2 cm³/mol. The summed E-state index contributed by atoms with van der Waals surface area (Å²) in [4.78, 5) is 11.0. The third kappa shape index (κ3) is 1.80. The highest BCUT2D eigenvalue weighted by Gasteiger charge is 2.36. The summed E-state index contributed by atoms with van der Waals surface area (Å²) < 4.78 is 4.90. The van der Waals surface area contributed by atoms with Crippen LogP contribution in [0, 0.1) is 0 Å². The van der Waals surface area contributed by atoms with Crippen molar-refractivity contribution >= 4 is 6.09 Å². The Morgan fingerprint density at radius 3 is 2.60 bits per heavy atom. The van der Waals surface area contributed by atoms with Crippen LogP contribution in [0.3, 0.4) is 0 Å². The van der Waals surface area contributed by atoms with E-state index in [0.29, 0.717) is 13.2 Å². The Kier molecular flexibility index (Phi) is 2.36. The van der Waals surface area contributed by atoms with Crippen molar-refractivity contribution in [2.45, 2.75) is 19.0 Å². The summed E-state index contributed by atoms with van der Waals surface area (Å²) in [6.07, 6.45) is -0.361. The van der Waals surface area contributed by atoms with E-state index in [9.17, 15) is 4.79 Å². The molecule has 3 N–H and O–H groups in total. The second-order valence-corrected chi connectivity index (χ2v) is 3.93. The Labute approximate surface area is 88.4 Å². The van der Waals surface area contributed by atoms with Gasteiger partial charge in [0.2, 0.25) is 0 Å². The fourth-order valence-corrected chi connectivity index (χ4v) is 1.67. The molecule has 0 spiro atoms. The highest BCUT2D eigenvalue weighted by atomic mass is 16.6. The van der Waals surface area contributed by atoms with E-state index >= 15 is 0 Å². The van der Waals surface area contributed by atoms with Crippen LogP contribution in [0.2, 0.25) is 0 Å². The third-order valence-corrected chi connectivity index (χ3v) is 2.70. The Balaban J connectivity index is 2.25. The van der Waals surface area contributed by atoms with E-state index in [4.69, 9.17) is 10.5 Å². The minimum absolute atomic E-state index is 0.361. The Morgan fingerprint density at radius 1 is 1.47 bits per heavy atom. The molecule has 1 aromatic carbocycles. The van der Waals surface area contributed by atoms with Crippen LogP contribution >= 0.6 is 0 Å². The first kappa shape index (κ1) is 9.98. The van der Waals surface area contributed by atoms with Crippen LogP contribution in [-0.2, 0) is 16.8 Å². The van der Waals surface area contributed by atoms with Gasteiger partial charge in [-0.2, -0.15) is 0 Å². The van der Waals surface area contributed by atoms with Gasteiger partial charge in [-0.3, -0.25) is 0 Å². The average Bonchev–Trinajstić information content (AvgIpc) is 2.60. The van der Waals surface area contributed by atoms with Gasteiger partial charge in [-0.15, -0.1) is 0 Å². The summed E-state index contributed by atoms with van der Waals surface area (Å²) in [6.45, 7) is 2.84. The molecule has 1 unspecified atom stereocenters. The number of hydrogen-bond acceptors (Lipinski definition) is 3. The highest BCUT2D eigenvalue weighted by molar-refractivity contribution is 5.71. The first-order chi connectivity index (χ1) is 7.14. The van der Waals surface area contributed by atoms with E-state index in [1.807, 2.05) is 31.2 Å². The molecule has 1 aromatic rings. The first-order valence-electron chi connectivity index (χ1n) is 4.88. The maximum Gasteiger partial charge on any atom is 0.408 e. The number of amides is 1. The third-order valence-electron chi connectivity index (χ3n) is 2.70. The zero-order valence-corrected chi connectivity index (χ0v) is 8.62. The van der Waals surface area contributed by atoms with Crippen molar-refractivity contribution in [2.75, 3.05) is 6.61 Å². The van der Waals surface area contributed by atoms with Crippen LogP contribution in [0.25, 0.3) is 0 Å². The van der Waals surface area contributed by atoms with Crippen molar-refractivity contribution in [3.63, 3.8) is 0 Å². The van der Waals surface area contributed by atoms with Gasteiger partial charge in [-0.25, -0.2) is 4.79 Å².